The summed E-state index contributed by atoms with van der Waals surface area (Å²) in [6, 6.07) is 68.2. The largest absolute Gasteiger partial charge is 0.307 e. The zero-order chi connectivity index (χ0) is 55.3. The number of rotatable bonds is 5. The second-order valence-corrected chi connectivity index (χ2v) is 27.8. The van der Waals surface area contributed by atoms with Crippen molar-refractivity contribution in [2.45, 2.75) is 164 Å². The lowest BCUT2D eigenvalue weighted by atomic mass is 9.83. The zero-order valence-electron chi connectivity index (χ0n) is 48.9. The van der Waals surface area contributed by atoms with Crippen LogP contribution in [-0.4, -0.2) is 0 Å². The maximum absolute atomic E-state index is 2.51. The number of fused-ring (bicyclic) bond motifs is 8. The van der Waals surface area contributed by atoms with Gasteiger partial charge in [-0.25, -0.2) is 0 Å². The number of anilines is 6. The van der Waals surface area contributed by atoms with E-state index in [0.717, 1.165) is 0 Å². The maximum atomic E-state index is 2.51. The van der Waals surface area contributed by atoms with Crippen molar-refractivity contribution in [2.75, 3.05) is 9.80 Å². The van der Waals surface area contributed by atoms with Crippen LogP contribution >= 0.6 is 23.5 Å². The normalized spacial score (nSPS) is 13.3. The lowest BCUT2D eigenvalue weighted by Crippen LogP contribution is -2.16. The Morgan fingerprint density at radius 2 is 0.577 bits per heavy atom. The molecular weight excluding hydrogens is 981 g/mol. The van der Waals surface area contributed by atoms with Gasteiger partial charge in [0.05, 0.1) is 34.1 Å². The summed E-state index contributed by atoms with van der Waals surface area (Å²) in [6.07, 6.45) is 5.54. The highest BCUT2D eigenvalue weighted by Crippen LogP contribution is 2.56. The van der Waals surface area contributed by atoms with Crippen molar-refractivity contribution in [3.8, 4) is 0 Å². The fraction of sp³-hybridized carbons (Fsp3) is 0.297. The molecule has 2 aliphatic heterocycles. The van der Waals surface area contributed by atoms with E-state index in [1.54, 1.807) is 0 Å². The Balaban J connectivity index is 0.000000160. The van der Waals surface area contributed by atoms with Gasteiger partial charge in [-0.1, -0.05) is 255 Å². The predicted molar refractivity (Wildman–Crippen MR) is 345 cm³/mol. The summed E-state index contributed by atoms with van der Waals surface area (Å²) in [7, 11) is 0. The number of benzene rings is 10. The van der Waals surface area contributed by atoms with Crippen molar-refractivity contribution >= 4 is 101 Å². The monoisotopic (exact) mass is 1060 g/mol. The van der Waals surface area contributed by atoms with Crippen molar-refractivity contribution in [3.63, 3.8) is 0 Å². The molecule has 2 heterocycles. The van der Waals surface area contributed by atoms with Crippen LogP contribution in [0.2, 0.25) is 0 Å². The summed E-state index contributed by atoms with van der Waals surface area (Å²) in [5, 5.41) is 10.3. The molecule has 0 amide bonds. The molecular formula is C74H80N2S2. The molecule has 0 aliphatic carbocycles. The van der Waals surface area contributed by atoms with Crippen molar-refractivity contribution < 1.29 is 0 Å². The summed E-state index contributed by atoms with van der Waals surface area (Å²) in [6.45, 7) is 32.0. The topological polar surface area (TPSA) is 6.48 Å². The molecule has 0 bridgehead atoms. The second-order valence-electron chi connectivity index (χ2n) is 25.6. The van der Waals surface area contributed by atoms with Gasteiger partial charge in [0.2, 0.25) is 0 Å². The molecule has 0 saturated carbocycles. The first kappa shape index (κ1) is 54.9. The lowest BCUT2D eigenvalue weighted by Gasteiger charge is -2.35. The van der Waals surface area contributed by atoms with E-state index in [2.05, 4.69) is 289 Å². The molecule has 0 spiro atoms. The van der Waals surface area contributed by atoms with Gasteiger partial charge in [0.25, 0.3) is 0 Å². The number of hydrogen-bond donors (Lipinski definition) is 0. The smallest absolute Gasteiger partial charge is 0.0619 e. The summed E-state index contributed by atoms with van der Waals surface area (Å²) in [5.74, 6) is 0. The van der Waals surface area contributed by atoms with Crippen LogP contribution in [0.25, 0.3) is 43.1 Å². The van der Waals surface area contributed by atoms with Crippen LogP contribution in [0, 0.1) is 0 Å². The minimum Gasteiger partial charge on any atom is -0.307 e. The van der Waals surface area contributed by atoms with E-state index in [4.69, 9.17) is 0 Å². The van der Waals surface area contributed by atoms with E-state index in [-0.39, 0.29) is 21.7 Å². The Morgan fingerprint density at radius 3 is 0.872 bits per heavy atom. The van der Waals surface area contributed by atoms with Gasteiger partial charge in [-0.15, -0.1) is 0 Å². The molecule has 2 aliphatic rings. The van der Waals surface area contributed by atoms with Crippen LogP contribution in [0.4, 0.5) is 34.1 Å². The quantitative estimate of drug-likeness (QED) is 0.125. The Labute approximate surface area is 475 Å². The van der Waals surface area contributed by atoms with Crippen LogP contribution < -0.4 is 9.80 Å². The van der Waals surface area contributed by atoms with Gasteiger partial charge in [0, 0.05) is 41.1 Å². The van der Waals surface area contributed by atoms with Crippen molar-refractivity contribution in [3.05, 3.63) is 204 Å². The molecule has 0 radical (unpaired) electrons. The number of unbranched alkanes of at least 4 members (excludes halogenated alkanes) is 3. The Hall–Kier alpha value is -6.46. The molecule has 12 rings (SSSR count). The molecule has 0 N–H and O–H groups in total. The molecule has 0 aromatic heterocycles. The minimum absolute atomic E-state index is 0.0735. The first-order valence-electron chi connectivity index (χ1n) is 28.5. The van der Waals surface area contributed by atoms with Gasteiger partial charge >= 0.3 is 0 Å². The van der Waals surface area contributed by atoms with Crippen molar-refractivity contribution in [2.24, 2.45) is 0 Å². The number of para-hydroxylation sites is 4. The maximum Gasteiger partial charge on any atom is 0.0619 e. The molecule has 0 unspecified atom stereocenters. The fourth-order valence-corrected chi connectivity index (χ4v) is 13.1. The third-order valence-corrected chi connectivity index (χ3v) is 17.8. The number of hydrogen-bond acceptors (Lipinski definition) is 4. The van der Waals surface area contributed by atoms with E-state index in [0.29, 0.717) is 0 Å². The Kier molecular flexibility index (Phi) is 15.2. The fourth-order valence-electron chi connectivity index (χ4n) is 10.9. The summed E-state index contributed by atoms with van der Waals surface area (Å²) in [5.41, 5.74) is 13.3. The number of nitrogens with zero attached hydrogens (tertiary/aromatic N) is 2. The summed E-state index contributed by atoms with van der Waals surface area (Å²) >= 11 is 3.73. The molecule has 2 nitrogen and oxygen atoms in total. The van der Waals surface area contributed by atoms with E-state index in [1.165, 1.54) is 145 Å². The highest BCUT2D eigenvalue weighted by atomic mass is 32.2. The van der Waals surface area contributed by atoms with Crippen LogP contribution in [-0.2, 0) is 21.7 Å². The van der Waals surface area contributed by atoms with E-state index < -0.39 is 0 Å². The molecule has 10 aromatic carbocycles. The van der Waals surface area contributed by atoms with Gasteiger partial charge < -0.3 is 9.80 Å². The first-order chi connectivity index (χ1) is 37.1. The SMILES string of the molecule is CC(C)(C)c1ccc2c(N3c4ccccc4Sc4ccccc43)c3cc(C(C)(C)C)ccc3cc2c1.CC(C)(C)c1ccc2c(N3c4ccccc4Sc4ccccc43)c3cc(C(C)(C)C)ccc3cc2c1.CCCCCC. The van der Waals surface area contributed by atoms with Crippen LogP contribution in [0.1, 0.15) is 145 Å². The van der Waals surface area contributed by atoms with Gasteiger partial charge in [-0.2, -0.15) is 0 Å². The average Bonchev–Trinajstić information content (AvgIpc) is 3.50. The van der Waals surface area contributed by atoms with Crippen LogP contribution in [0.5, 0.6) is 0 Å². The molecule has 10 aromatic rings. The molecule has 0 fully saturated rings. The zero-order valence-corrected chi connectivity index (χ0v) is 50.5. The highest BCUT2D eigenvalue weighted by molar-refractivity contribution is 8.00. The van der Waals surface area contributed by atoms with E-state index in [9.17, 15) is 0 Å². The molecule has 0 atom stereocenters. The van der Waals surface area contributed by atoms with Crippen molar-refractivity contribution in [1.29, 1.82) is 0 Å². The van der Waals surface area contributed by atoms with E-state index >= 15 is 0 Å². The predicted octanol–water partition coefficient (Wildman–Crippen LogP) is 23.6. The third-order valence-electron chi connectivity index (χ3n) is 15.6. The Bertz CT molecular complexity index is 3490. The van der Waals surface area contributed by atoms with Gasteiger partial charge in [0.15, 0.2) is 0 Å². The molecule has 0 saturated heterocycles. The second kappa shape index (κ2) is 21.6. The first-order valence-corrected chi connectivity index (χ1v) is 30.1. The van der Waals surface area contributed by atoms with Gasteiger partial charge in [0.1, 0.15) is 0 Å². The van der Waals surface area contributed by atoms with Crippen LogP contribution in [0.3, 0.4) is 0 Å². The highest BCUT2D eigenvalue weighted by Gasteiger charge is 2.31. The van der Waals surface area contributed by atoms with Gasteiger partial charge in [-0.05, 0) is 138 Å². The standard InChI is InChI=1S/2C34H33NS.C6H14/c2*1-33(2,3)24-17-18-26-23(20-24)19-22-15-16-25(34(4,5)6)21-27(22)32(26)35-28-11-7-9-13-30(28)36-31-14-10-8-12-29(31)35;1-3-5-6-4-2/h2*7-21H,1-6H3;3-6H2,1-2H3. The Morgan fingerprint density at radius 1 is 0.295 bits per heavy atom. The average molecular weight is 1060 g/mol. The minimum atomic E-state index is 0.0735. The lowest BCUT2D eigenvalue weighted by molar-refractivity contribution is 0.590. The molecule has 398 valence electrons. The molecule has 78 heavy (non-hydrogen) atoms. The summed E-state index contributed by atoms with van der Waals surface area (Å²) in [4.78, 5) is 10.2. The third kappa shape index (κ3) is 11.0. The summed E-state index contributed by atoms with van der Waals surface area (Å²) < 4.78 is 0. The van der Waals surface area contributed by atoms with E-state index in [1.807, 2.05) is 23.5 Å². The molecule has 4 heteroatoms. The van der Waals surface area contributed by atoms with Crippen LogP contribution in [0.15, 0.2) is 202 Å². The van der Waals surface area contributed by atoms with Gasteiger partial charge in [-0.3, -0.25) is 0 Å². The van der Waals surface area contributed by atoms with Crippen molar-refractivity contribution in [1.82, 2.24) is 0 Å².